The molecule has 71 heavy (non-hydrogen) atoms. The van der Waals surface area contributed by atoms with Crippen LogP contribution in [0.15, 0.2) is 189 Å². The summed E-state index contributed by atoms with van der Waals surface area (Å²) >= 11 is 11.5. The molecular formula is C54H43ClN6O6S4. The minimum absolute atomic E-state index is 0.0348. The maximum absolute atomic E-state index is 15.1. The Morgan fingerprint density at radius 2 is 1.42 bits per heavy atom. The highest BCUT2D eigenvalue weighted by atomic mass is 35.5. The van der Waals surface area contributed by atoms with E-state index in [2.05, 4.69) is 52.2 Å². The molecule has 1 unspecified atom stereocenters. The Kier molecular flexibility index (Phi) is 14.5. The predicted octanol–water partition coefficient (Wildman–Crippen LogP) is 11.3. The normalized spacial score (nSPS) is 15.7. The molecule has 2 aromatic heterocycles. The van der Waals surface area contributed by atoms with Gasteiger partial charge >= 0.3 is 5.97 Å². The molecule has 12 nitrogen and oxygen atoms in total. The SMILES string of the molecule is COc1ccc(COC(=O)C2=C(Sc3nc4cc(CCl)ccc4s3)C(NC(=O)/C(=N\OCc3ccccc3)c3csc(NC(c4ccccc4)(c4ccccc4)c4ccccc4)n3)S[C@H]3CC(=O)N23)cc1. The number of thioether (sulfide) groups is 2. The highest BCUT2D eigenvalue weighted by molar-refractivity contribution is 8.07. The Morgan fingerprint density at radius 1 is 0.803 bits per heavy atom. The summed E-state index contributed by atoms with van der Waals surface area (Å²) in [5.74, 6) is -0.606. The van der Waals surface area contributed by atoms with E-state index in [1.165, 1.54) is 51.1 Å². The van der Waals surface area contributed by atoms with Gasteiger partial charge in [-0.05, 0) is 57.6 Å². The number of nitrogens with one attached hydrogen (secondary N) is 2. The minimum atomic E-state index is -0.894. The van der Waals surface area contributed by atoms with Crippen molar-refractivity contribution in [2.45, 2.75) is 46.1 Å². The number of alkyl halides is 1. The summed E-state index contributed by atoms with van der Waals surface area (Å²) in [5, 5.41) is 12.4. The van der Waals surface area contributed by atoms with Crippen LogP contribution in [0.1, 0.15) is 45.5 Å². The number of oxime groups is 1. The van der Waals surface area contributed by atoms with Gasteiger partial charge in [-0.3, -0.25) is 14.5 Å². The van der Waals surface area contributed by atoms with Gasteiger partial charge in [-0.25, -0.2) is 14.8 Å². The van der Waals surface area contributed by atoms with Crippen LogP contribution >= 0.6 is 57.8 Å². The van der Waals surface area contributed by atoms with Gasteiger partial charge in [0.15, 0.2) is 15.2 Å². The zero-order chi connectivity index (χ0) is 48.7. The second-order valence-corrected chi connectivity index (χ2v) is 21.0. The second kappa shape index (κ2) is 21.6. The Bertz CT molecular complexity index is 3150. The fourth-order valence-electron chi connectivity index (χ4n) is 8.26. The molecule has 0 bridgehead atoms. The molecule has 0 spiro atoms. The van der Waals surface area contributed by atoms with Crippen LogP contribution < -0.4 is 15.4 Å². The van der Waals surface area contributed by atoms with Gasteiger partial charge in [-0.15, -0.1) is 46.0 Å². The molecule has 8 aromatic rings. The average molecular weight is 1040 g/mol. The molecule has 0 saturated carbocycles. The molecule has 2 atom stereocenters. The first kappa shape index (κ1) is 47.7. The quantitative estimate of drug-likeness (QED) is 0.0212. The van der Waals surface area contributed by atoms with Crippen LogP contribution in [-0.2, 0) is 48.6 Å². The van der Waals surface area contributed by atoms with Gasteiger partial charge in [0.1, 0.15) is 41.3 Å². The van der Waals surface area contributed by atoms with E-state index < -0.39 is 28.2 Å². The molecule has 2 N–H and O–H groups in total. The van der Waals surface area contributed by atoms with E-state index in [1.54, 1.807) is 36.8 Å². The first-order chi connectivity index (χ1) is 34.8. The van der Waals surface area contributed by atoms with Crippen molar-refractivity contribution in [1.29, 1.82) is 0 Å². The standard InChI is InChI=1S/C54H43ClN6O6S4/c1-65-40-25-22-35(23-26-40)31-66-51(64)47-48(71-53-57-41-28-36(30-55)24-27-43(41)69-53)50(70-45-29-44(62)61(45)47)58-49(63)46(60-67-32-34-14-6-2-7-15-34)42-33-68-52(56-42)59-54(37-16-8-3-9-17-37,38-18-10-4-11-19-38)39-20-12-5-13-21-39/h2-28,33,45,50H,29-32H2,1H3,(H,56,59)(H,58,63)/b60-46-/t45-,50?/m0/s1. The summed E-state index contributed by atoms with van der Waals surface area (Å²) in [5.41, 5.74) is 5.45. The molecular weight excluding hydrogens is 992 g/mol. The lowest BCUT2D eigenvalue weighted by Gasteiger charge is -2.46. The van der Waals surface area contributed by atoms with Crippen LogP contribution in [0.4, 0.5) is 5.13 Å². The van der Waals surface area contributed by atoms with Gasteiger partial charge in [-0.1, -0.05) is 156 Å². The molecule has 2 amide bonds. The fraction of sp³-hybridized carbons (Fsp3) is 0.148. The number of rotatable bonds is 18. The van der Waals surface area contributed by atoms with Crippen LogP contribution in [0.5, 0.6) is 5.75 Å². The summed E-state index contributed by atoms with van der Waals surface area (Å²) in [6, 6.07) is 53.0. The van der Waals surface area contributed by atoms with Gasteiger partial charge in [0.05, 0.1) is 34.0 Å². The zero-order valence-corrected chi connectivity index (χ0v) is 41.9. The summed E-state index contributed by atoms with van der Waals surface area (Å²) in [6.45, 7) is 0.0108. The average Bonchev–Trinajstić information content (AvgIpc) is 4.06. The highest BCUT2D eigenvalue weighted by Crippen LogP contribution is 2.50. The maximum atomic E-state index is 15.1. The number of carbonyl (C=O) groups excluding carboxylic acids is 3. The van der Waals surface area contributed by atoms with Gasteiger partial charge < -0.3 is 24.9 Å². The number of aromatic nitrogens is 2. The second-order valence-electron chi connectivity index (χ2n) is 16.3. The first-order valence-corrected chi connectivity index (χ1v) is 26.4. The number of methoxy groups -OCH3 is 1. The third-order valence-corrected chi connectivity index (χ3v) is 16.6. The molecule has 2 aliphatic rings. The van der Waals surface area contributed by atoms with Crippen LogP contribution in [0.3, 0.4) is 0 Å². The molecule has 1 saturated heterocycles. The smallest absolute Gasteiger partial charge is 0.356 e. The van der Waals surface area contributed by atoms with Crippen molar-refractivity contribution >= 4 is 96.6 Å². The van der Waals surface area contributed by atoms with Crippen molar-refractivity contribution in [3.8, 4) is 5.75 Å². The van der Waals surface area contributed by atoms with Crippen molar-refractivity contribution in [2.24, 2.45) is 5.16 Å². The van der Waals surface area contributed by atoms with E-state index >= 15 is 4.79 Å². The zero-order valence-electron chi connectivity index (χ0n) is 37.9. The van der Waals surface area contributed by atoms with Gasteiger partial charge in [0.25, 0.3) is 5.91 Å². The van der Waals surface area contributed by atoms with Gasteiger partial charge in [0.2, 0.25) is 5.91 Å². The van der Waals surface area contributed by atoms with Gasteiger partial charge in [0, 0.05) is 11.3 Å². The molecule has 10 rings (SSSR count). The number of anilines is 1. The van der Waals surface area contributed by atoms with E-state index in [-0.39, 0.29) is 42.6 Å². The Balaban J connectivity index is 1.02. The number of amides is 2. The number of benzene rings is 6. The lowest BCUT2D eigenvalue weighted by Crippen LogP contribution is -2.57. The van der Waals surface area contributed by atoms with Crippen LogP contribution in [0, 0.1) is 0 Å². The lowest BCUT2D eigenvalue weighted by atomic mass is 9.77. The molecule has 1 fully saturated rings. The van der Waals surface area contributed by atoms with E-state index in [0.717, 1.165) is 43.6 Å². The number of halogens is 1. The number of carbonyl (C=O) groups is 3. The van der Waals surface area contributed by atoms with Crippen LogP contribution in [-0.4, -0.2) is 56.2 Å². The number of β-lactam (4-membered cyclic amide) rings is 1. The lowest BCUT2D eigenvalue weighted by molar-refractivity contribution is -0.150. The van der Waals surface area contributed by atoms with Crippen molar-refractivity contribution in [3.05, 3.63) is 219 Å². The summed E-state index contributed by atoms with van der Waals surface area (Å²) in [4.78, 5) is 60.7. The van der Waals surface area contributed by atoms with E-state index in [0.29, 0.717) is 26.0 Å². The topological polar surface area (TPSA) is 144 Å². The minimum Gasteiger partial charge on any atom is -0.497 e. The molecule has 356 valence electrons. The number of hydrogen-bond acceptors (Lipinski definition) is 14. The van der Waals surface area contributed by atoms with Crippen LogP contribution in [0.25, 0.3) is 10.2 Å². The van der Waals surface area contributed by atoms with Crippen molar-refractivity contribution < 1.29 is 28.7 Å². The Hall–Kier alpha value is -6.95. The summed E-state index contributed by atoms with van der Waals surface area (Å²) in [7, 11) is 1.58. The molecule has 0 radical (unpaired) electrons. The third-order valence-electron chi connectivity index (χ3n) is 11.8. The molecule has 6 aromatic carbocycles. The third kappa shape index (κ3) is 10.3. The number of ether oxygens (including phenoxy) is 2. The van der Waals surface area contributed by atoms with Crippen molar-refractivity contribution in [2.75, 3.05) is 12.4 Å². The predicted molar refractivity (Wildman–Crippen MR) is 282 cm³/mol. The number of fused-ring (bicyclic) bond motifs is 2. The molecule has 17 heteroatoms. The van der Waals surface area contributed by atoms with Crippen molar-refractivity contribution in [1.82, 2.24) is 20.2 Å². The van der Waals surface area contributed by atoms with E-state index in [9.17, 15) is 9.59 Å². The number of thiazole rings is 2. The summed E-state index contributed by atoms with van der Waals surface area (Å²) < 4.78 is 12.7. The van der Waals surface area contributed by atoms with E-state index in [4.69, 9.17) is 35.9 Å². The fourth-order valence-corrected chi connectivity index (χ4v) is 13.0. The molecule has 0 aliphatic carbocycles. The summed E-state index contributed by atoms with van der Waals surface area (Å²) in [6.07, 6.45) is 0.154. The molecule has 2 aliphatic heterocycles. The largest absolute Gasteiger partial charge is 0.497 e. The van der Waals surface area contributed by atoms with Crippen molar-refractivity contribution in [3.63, 3.8) is 0 Å². The maximum Gasteiger partial charge on any atom is 0.356 e. The number of nitrogens with zero attached hydrogens (tertiary/aromatic N) is 4. The van der Waals surface area contributed by atoms with Crippen LogP contribution in [0.2, 0.25) is 0 Å². The number of esters is 1. The first-order valence-electron chi connectivity index (χ1n) is 22.4. The molecule has 4 heterocycles. The van der Waals surface area contributed by atoms with Gasteiger partial charge in [-0.2, -0.15) is 0 Å². The Labute approximate surface area is 431 Å². The number of hydrogen-bond donors (Lipinski definition) is 2. The monoisotopic (exact) mass is 1030 g/mol. The Morgan fingerprint density at radius 3 is 2.04 bits per heavy atom. The van der Waals surface area contributed by atoms with E-state index in [1.807, 2.05) is 103 Å². The highest BCUT2D eigenvalue weighted by Gasteiger charge is 2.50.